The Morgan fingerprint density at radius 3 is 2.83 bits per heavy atom. The normalized spacial score (nSPS) is 10.8. The Morgan fingerprint density at radius 2 is 2.11 bits per heavy atom. The van der Waals surface area contributed by atoms with Gasteiger partial charge in [0.1, 0.15) is 0 Å². The molecule has 1 heterocycles. The van der Waals surface area contributed by atoms with Crippen LogP contribution in [0, 0.1) is 0 Å². The molecule has 0 saturated carbocycles. The summed E-state index contributed by atoms with van der Waals surface area (Å²) in [6, 6.07) is 0.562. The minimum absolute atomic E-state index is 0.261. The lowest BCUT2D eigenvalue weighted by molar-refractivity contribution is 0.283. The van der Waals surface area contributed by atoms with E-state index in [9.17, 15) is 0 Å². The van der Waals surface area contributed by atoms with E-state index in [0.717, 1.165) is 38.8 Å². The minimum atomic E-state index is 0.261. The molecule has 0 unspecified atom stereocenters. The van der Waals surface area contributed by atoms with Gasteiger partial charge in [-0.05, 0) is 32.2 Å². The van der Waals surface area contributed by atoms with Crippen LogP contribution in [0.1, 0.15) is 38.5 Å². The van der Waals surface area contributed by atoms with Gasteiger partial charge in [-0.3, -0.25) is 0 Å². The van der Waals surface area contributed by atoms with Crippen molar-refractivity contribution in [3.05, 3.63) is 5.89 Å². The number of aromatic nitrogens is 2. The molecule has 0 bridgehead atoms. The highest BCUT2D eigenvalue weighted by atomic mass is 16.4. The van der Waals surface area contributed by atoms with E-state index >= 15 is 0 Å². The van der Waals surface area contributed by atoms with E-state index in [4.69, 9.17) is 9.52 Å². The van der Waals surface area contributed by atoms with Crippen LogP contribution < -0.4 is 10.2 Å². The van der Waals surface area contributed by atoms with E-state index in [-0.39, 0.29) is 6.61 Å². The van der Waals surface area contributed by atoms with Gasteiger partial charge in [-0.15, -0.1) is 5.10 Å². The van der Waals surface area contributed by atoms with Gasteiger partial charge in [0.15, 0.2) is 0 Å². The molecule has 1 aromatic rings. The average Bonchev–Trinajstić information content (AvgIpc) is 2.84. The summed E-state index contributed by atoms with van der Waals surface area (Å²) in [5.41, 5.74) is 0. The number of aliphatic hydroxyl groups excluding tert-OH is 1. The zero-order valence-electron chi connectivity index (χ0n) is 11.4. The van der Waals surface area contributed by atoms with Crippen molar-refractivity contribution in [3.63, 3.8) is 0 Å². The highest BCUT2D eigenvalue weighted by Crippen LogP contribution is 2.11. The van der Waals surface area contributed by atoms with Gasteiger partial charge in [0.2, 0.25) is 5.89 Å². The van der Waals surface area contributed by atoms with Crippen molar-refractivity contribution in [1.29, 1.82) is 0 Å². The molecule has 0 aromatic carbocycles. The van der Waals surface area contributed by atoms with Gasteiger partial charge in [-0.25, -0.2) is 0 Å². The Kier molecular flexibility index (Phi) is 7.36. The van der Waals surface area contributed by atoms with Crippen molar-refractivity contribution >= 4 is 6.01 Å². The van der Waals surface area contributed by atoms with Crippen molar-refractivity contribution < 1.29 is 9.52 Å². The molecule has 0 fully saturated rings. The second-order valence-corrected chi connectivity index (χ2v) is 4.36. The van der Waals surface area contributed by atoms with E-state index in [0.29, 0.717) is 18.5 Å². The molecule has 0 radical (unpaired) electrons. The maximum Gasteiger partial charge on any atom is 0.317 e. The third-order valence-electron chi connectivity index (χ3n) is 2.64. The molecule has 0 amide bonds. The van der Waals surface area contributed by atoms with Gasteiger partial charge in [0.05, 0.1) is 6.54 Å². The fraction of sp³-hybridized carbons (Fsp3) is 0.833. The van der Waals surface area contributed by atoms with Gasteiger partial charge < -0.3 is 19.7 Å². The largest absolute Gasteiger partial charge is 0.407 e. The maximum atomic E-state index is 8.69. The van der Waals surface area contributed by atoms with Crippen LogP contribution in [0.4, 0.5) is 6.01 Å². The molecule has 0 saturated heterocycles. The summed E-state index contributed by atoms with van der Waals surface area (Å²) in [6.07, 6.45) is 3.97. The third-order valence-corrected chi connectivity index (χ3v) is 2.64. The fourth-order valence-electron chi connectivity index (χ4n) is 1.58. The average molecular weight is 256 g/mol. The molecule has 0 aliphatic heterocycles. The molecule has 6 heteroatoms. The molecule has 6 nitrogen and oxygen atoms in total. The zero-order valence-corrected chi connectivity index (χ0v) is 11.4. The predicted octanol–water partition coefficient (Wildman–Crippen LogP) is 1.17. The number of nitrogens with one attached hydrogen (secondary N) is 1. The molecule has 0 atom stereocenters. The number of aliphatic hydroxyl groups is 1. The lowest BCUT2D eigenvalue weighted by Crippen LogP contribution is -2.18. The first-order valence-corrected chi connectivity index (χ1v) is 6.63. The molecular weight excluding hydrogens is 232 g/mol. The van der Waals surface area contributed by atoms with Crippen molar-refractivity contribution in [1.82, 2.24) is 15.5 Å². The Bertz CT molecular complexity index is 317. The van der Waals surface area contributed by atoms with E-state index in [1.807, 2.05) is 11.9 Å². The number of hydrogen-bond donors (Lipinski definition) is 2. The third kappa shape index (κ3) is 5.46. The quantitative estimate of drug-likeness (QED) is 0.612. The summed E-state index contributed by atoms with van der Waals surface area (Å²) < 4.78 is 5.54. The van der Waals surface area contributed by atoms with Gasteiger partial charge in [-0.2, -0.15) is 0 Å². The highest BCUT2D eigenvalue weighted by molar-refractivity contribution is 5.21. The number of unbranched alkanes of at least 4 members (excludes halogenated alkanes) is 2. The van der Waals surface area contributed by atoms with Gasteiger partial charge in [0, 0.05) is 20.2 Å². The summed E-state index contributed by atoms with van der Waals surface area (Å²) >= 11 is 0. The smallest absolute Gasteiger partial charge is 0.317 e. The molecule has 18 heavy (non-hydrogen) atoms. The van der Waals surface area contributed by atoms with Crippen LogP contribution >= 0.6 is 0 Å². The fourth-order valence-corrected chi connectivity index (χ4v) is 1.58. The summed E-state index contributed by atoms with van der Waals surface area (Å²) in [4.78, 5) is 1.95. The highest BCUT2D eigenvalue weighted by Gasteiger charge is 2.09. The van der Waals surface area contributed by atoms with E-state index in [1.54, 1.807) is 0 Å². The van der Waals surface area contributed by atoms with Crippen LogP contribution in [0.25, 0.3) is 0 Å². The Morgan fingerprint density at radius 1 is 1.28 bits per heavy atom. The van der Waals surface area contributed by atoms with Crippen molar-refractivity contribution in [2.45, 2.75) is 39.2 Å². The van der Waals surface area contributed by atoms with E-state index < -0.39 is 0 Å². The van der Waals surface area contributed by atoms with Gasteiger partial charge in [-0.1, -0.05) is 12.0 Å². The summed E-state index contributed by atoms with van der Waals surface area (Å²) in [5, 5.41) is 19.9. The number of nitrogens with zero attached hydrogens (tertiary/aromatic N) is 3. The molecule has 0 aliphatic carbocycles. The van der Waals surface area contributed by atoms with E-state index in [1.165, 1.54) is 0 Å². The van der Waals surface area contributed by atoms with Crippen molar-refractivity contribution in [2.24, 2.45) is 0 Å². The molecule has 0 spiro atoms. The molecule has 0 aliphatic rings. The SMILES string of the molecule is CCCNCc1nnc(N(C)CCCCCO)o1. The van der Waals surface area contributed by atoms with Gasteiger partial charge in [0.25, 0.3) is 0 Å². The van der Waals surface area contributed by atoms with Gasteiger partial charge >= 0.3 is 6.01 Å². The van der Waals surface area contributed by atoms with Crippen LogP contribution in [0.15, 0.2) is 4.42 Å². The van der Waals surface area contributed by atoms with Crippen molar-refractivity contribution in [2.75, 3.05) is 31.6 Å². The van der Waals surface area contributed by atoms with Crippen LogP contribution in [-0.4, -0.2) is 42.0 Å². The first-order chi connectivity index (χ1) is 8.77. The number of hydrogen-bond acceptors (Lipinski definition) is 6. The summed E-state index contributed by atoms with van der Waals surface area (Å²) in [6.45, 7) is 4.82. The second-order valence-electron chi connectivity index (χ2n) is 4.36. The Labute approximate surface area is 108 Å². The topological polar surface area (TPSA) is 74.4 Å². The van der Waals surface area contributed by atoms with Crippen LogP contribution in [-0.2, 0) is 6.54 Å². The lowest BCUT2D eigenvalue weighted by atomic mass is 10.2. The molecule has 1 rings (SSSR count). The van der Waals surface area contributed by atoms with Crippen molar-refractivity contribution in [3.8, 4) is 0 Å². The second kappa shape index (κ2) is 8.88. The zero-order chi connectivity index (χ0) is 13.2. The first kappa shape index (κ1) is 14.9. The monoisotopic (exact) mass is 256 g/mol. The van der Waals surface area contributed by atoms with Crippen LogP contribution in [0.3, 0.4) is 0 Å². The maximum absolute atomic E-state index is 8.69. The Hall–Kier alpha value is -1.14. The predicted molar refractivity (Wildman–Crippen MR) is 70.5 cm³/mol. The van der Waals surface area contributed by atoms with E-state index in [2.05, 4.69) is 22.4 Å². The standard InChI is InChI=1S/C12H24N4O2/c1-3-7-13-10-11-14-15-12(18-11)16(2)8-5-4-6-9-17/h13,17H,3-10H2,1-2H3. The molecule has 2 N–H and O–H groups in total. The first-order valence-electron chi connectivity index (χ1n) is 6.63. The summed E-state index contributed by atoms with van der Waals surface area (Å²) in [7, 11) is 1.94. The van der Waals surface area contributed by atoms with Crippen LogP contribution in [0.5, 0.6) is 0 Å². The Balaban J connectivity index is 2.27. The lowest BCUT2D eigenvalue weighted by Gasteiger charge is -2.12. The van der Waals surface area contributed by atoms with Crippen LogP contribution in [0.2, 0.25) is 0 Å². The number of rotatable bonds is 10. The number of anilines is 1. The minimum Gasteiger partial charge on any atom is -0.407 e. The summed E-state index contributed by atoms with van der Waals surface area (Å²) in [5.74, 6) is 0.626. The molecule has 104 valence electrons. The molecular formula is C12H24N4O2. The molecule has 1 aromatic heterocycles.